The number of para-hydroxylation sites is 1. The number of carbonyl (C=O) groups is 2. The lowest BCUT2D eigenvalue weighted by atomic mass is 10.1. The van der Waals surface area contributed by atoms with Crippen LogP contribution in [0.15, 0.2) is 29.4 Å². The Balaban J connectivity index is 1.62. The zero-order valence-electron chi connectivity index (χ0n) is 14.9. The molecule has 0 aliphatic heterocycles. The summed E-state index contributed by atoms with van der Waals surface area (Å²) in [5, 5.41) is 15.3. The largest absolute Gasteiger partial charge is 0.345 e. The van der Waals surface area contributed by atoms with Gasteiger partial charge in [0, 0.05) is 14.1 Å². The monoisotopic (exact) mass is 374 g/mol. The second kappa shape index (κ2) is 8.31. The SMILES string of the molecule is CN(C)C(=O)c1ccccc1NC(=O)CSc1nnnn1C1CCCC1. The van der Waals surface area contributed by atoms with Gasteiger partial charge in [0.2, 0.25) is 11.1 Å². The van der Waals surface area contributed by atoms with Crippen molar-refractivity contribution in [2.24, 2.45) is 0 Å². The molecule has 26 heavy (non-hydrogen) atoms. The number of carbonyl (C=O) groups excluding carboxylic acids is 2. The average molecular weight is 374 g/mol. The van der Waals surface area contributed by atoms with Gasteiger partial charge in [-0.15, -0.1) is 5.10 Å². The molecule has 1 heterocycles. The van der Waals surface area contributed by atoms with E-state index in [0.717, 1.165) is 12.8 Å². The van der Waals surface area contributed by atoms with Crippen molar-refractivity contribution in [2.45, 2.75) is 36.9 Å². The summed E-state index contributed by atoms with van der Waals surface area (Å²) in [6.07, 6.45) is 4.52. The summed E-state index contributed by atoms with van der Waals surface area (Å²) in [6, 6.07) is 7.31. The number of thioether (sulfide) groups is 1. The summed E-state index contributed by atoms with van der Waals surface area (Å²) in [5.41, 5.74) is 0.971. The van der Waals surface area contributed by atoms with Crippen LogP contribution in [0.5, 0.6) is 0 Å². The molecule has 0 unspecified atom stereocenters. The standard InChI is InChI=1S/C17H22N6O2S/c1-22(2)16(25)13-9-5-6-10-14(13)18-15(24)11-26-17-19-20-21-23(17)12-7-3-4-8-12/h5-6,9-10,12H,3-4,7-8,11H2,1-2H3,(H,18,24). The van der Waals surface area contributed by atoms with Crippen LogP contribution in [-0.2, 0) is 4.79 Å². The van der Waals surface area contributed by atoms with Gasteiger partial charge in [-0.3, -0.25) is 9.59 Å². The van der Waals surface area contributed by atoms with Crippen molar-refractivity contribution < 1.29 is 9.59 Å². The second-order valence-electron chi connectivity index (χ2n) is 6.43. The van der Waals surface area contributed by atoms with Crippen molar-refractivity contribution >= 4 is 29.3 Å². The lowest BCUT2D eigenvalue weighted by Gasteiger charge is -2.14. The second-order valence-corrected chi connectivity index (χ2v) is 7.37. The zero-order chi connectivity index (χ0) is 18.5. The molecule has 2 amide bonds. The first-order chi connectivity index (χ1) is 12.6. The Morgan fingerprint density at radius 1 is 1.27 bits per heavy atom. The molecule has 8 nitrogen and oxygen atoms in total. The molecule has 2 aromatic rings. The van der Waals surface area contributed by atoms with Crippen LogP contribution in [0.25, 0.3) is 0 Å². The summed E-state index contributed by atoms with van der Waals surface area (Å²) in [6.45, 7) is 0. The number of benzene rings is 1. The van der Waals surface area contributed by atoms with Crippen molar-refractivity contribution in [3.05, 3.63) is 29.8 Å². The Morgan fingerprint density at radius 2 is 2.00 bits per heavy atom. The van der Waals surface area contributed by atoms with E-state index in [1.165, 1.54) is 29.5 Å². The quantitative estimate of drug-likeness (QED) is 0.780. The Kier molecular flexibility index (Phi) is 5.87. The molecule has 0 saturated heterocycles. The van der Waals surface area contributed by atoms with E-state index in [9.17, 15) is 9.59 Å². The number of hydrogen-bond donors (Lipinski definition) is 1. The summed E-state index contributed by atoms with van der Waals surface area (Å²) in [7, 11) is 3.36. The van der Waals surface area contributed by atoms with E-state index in [2.05, 4.69) is 20.8 Å². The van der Waals surface area contributed by atoms with Gasteiger partial charge in [0.05, 0.1) is 23.0 Å². The normalized spacial score (nSPS) is 14.4. The minimum Gasteiger partial charge on any atom is -0.345 e. The van der Waals surface area contributed by atoms with Gasteiger partial charge in [-0.05, 0) is 35.4 Å². The molecule has 1 aliphatic rings. The van der Waals surface area contributed by atoms with Crippen molar-refractivity contribution in [2.75, 3.05) is 25.2 Å². The molecular formula is C17H22N6O2S. The average Bonchev–Trinajstić information content (AvgIpc) is 3.30. The minimum absolute atomic E-state index is 0.154. The molecule has 1 fully saturated rings. The Hall–Kier alpha value is -2.42. The number of rotatable bonds is 6. The Bertz CT molecular complexity index is 785. The first-order valence-corrected chi connectivity index (χ1v) is 9.56. The van der Waals surface area contributed by atoms with Crippen LogP contribution < -0.4 is 5.32 Å². The molecule has 3 rings (SSSR count). The maximum Gasteiger partial charge on any atom is 0.255 e. The van der Waals surface area contributed by atoms with Gasteiger partial charge >= 0.3 is 0 Å². The number of nitrogens with one attached hydrogen (secondary N) is 1. The van der Waals surface area contributed by atoms with E-state index >= 15 is 0 Å². The van der Waals surface area contributed by atoms with Gasteiger partial charge in [0.15, 0.2) is 0 Å². The van der Waals surface area contributed by atoms with E-state index in [4.69, 9.17) is 0 Å². The smallest absolute Gasteiger partial charge is 0.255 e. The van der Waals surface area contributed by atoms with Crippen LogP contribution >= 0.6 is 11.8 Å². The molecule has 0 atom stereocenters. The van der Waals surface area contributed by atoms with E-state index in [1.807, 2.05) is 4.68 Å². The van der Waals surface area contributed by atoms with Crippen LogP contribution in [0.2, 0.25) is 0 Å². The third-order valence-corrected chi connectivity index (χ3v) is 5.24. The highest BCUT2D eigenvalue weighted by molar-refractivity contribution is 7.99. The molecule has 1 aromatic heterocycles. The lowest BCUT2D eigenvalue weighted by molar-refractivity contribution is -0.113. The molecule has 1 aromatic carbocycles. The predicted molar refractivity (Wildman–Crippen MR) is 99.1 cm³/mol. The fourth-order valence-electron chi connectivity index (χ4n) is 2.99. The Morgan fingerprint density at radius 3 is 2.73 bits per heavy atom. The van der Waals surface area contributed by atoms with Gasteiger partial charge < -0.3 is 10.2 Å². The third kappa shape index (κ3) is 4.21. The molecule has 138 valence electrons. The minimum atomic E-state index is -0.199. The maximum absolute atomic E-state index is 12.4. The van der Waals surface area contributed by atoms with Crippen LogP contribution in [0, 0.1) is 0 Å². The number of amides is 2. The van der Waals surface area contributed by atoms with Gasteiger partial charge in [0.1, 0.15) is 0 Å². The molecule has 1 N–H and O–H groups in total. The molecule has 0 radical (unpaired) electrons. The molecule has 0 spiro atoms. The van der Waals surface area contributed by atoms with Crippen molar-refractivity contribution in [3.8, 4) is 0 Å². The number of hydrogen-bond acceptors (Lipinski definition) is 6. The van der Waals surface area contributed by atoms with Gasteiger partial charge in [-0.1, -0.05) is 36.7 Å². The summed E-state index contributed by atoms with van der Waals surface area (Å²) in [5.74, 6) is -0.175. The summed E-state index contributed by atoms with van der Waals surface area (Å²) >= 11 is 1.31. The first kappa shape index (κ1) is 18.4. The third-order valence-electron chi connectivity index (χ3n) is 4.30. The van der Waals surface area contributed by atoms with Gasteiger partial charge in [-0.2, -0.15) is 0 Å². The van der Waals surface area contributed by atoms with Gasteiger partial charge in [-0.25, -0.2) is 4.68 Å². The van der Waals surface area contributed by atoms with Crippen molar-refractivity contribution in [1.82, 2.24) is 25.1 Å². The van der Waals surface area contributed by atoms with E-state index in [-0.39, 0.29) is 17.6 Å². The molecule has 1 saturated carbocycles. The van der Waals surface area contributed by atoms with Crippen LogP contribution in [0.1, 0.15) is 42.1 Å². The van der Waals surface area contributed by atoms with E-state index in [1.54, 1.807) is 38.4 Å². The fourth-order valence-corrected chi connectivity index (χ4v) is 3.74. The molecule has 9 heteroatoms. The van der Waals surface area contributed by atoms with Crippen LogP contribution in [-0.4, -0.2) is 56.8 Å². The van der Waals surface area contributed by atoms with Crippen LogP contribution in [0.4, 0.5) is 5.69 Å². The topological polar surface area (TPSA) is 93.0 Å². The lowest BCUT2D eigenvalue weighted by Crippen LogP contribution is -2.24. The number of anilines is 1. The predicted octanol–water partition coefficient (Wildman–Crippen LogP) is 2.22. The number of nitrogens with zero attached hydrogens (tertiary/aromatic N) is 5. The highest BCUT2D eigenvalue weighted by Gasteiger charge is 2.22. The zero-order valence-corrected chi connectivity index (χ0v) is 15.7. The first-order valence-electron chi connectivity index (χ1n) is 8.57. The van der Waals surface area contributed by atoms with Crippen molar-refractivity contribution in [1.29, 1.82) is 0 Å². The maximum atomic E-state index is 12.4. The molecule has 0 bridgehead atoms. The van der Waals surface area contributed by atoms with Crippen molar-refractivity contribution in [3.63, 3.8) is 0 Å². The van der Waals surface area contributed by atoms with E-state index in [0.29, 0.717) is 22.4 Å². The number of tetrazole rings is 1. The summed E-state index contributed by atoms with van der Waals surface area (Å²) in [4.78, 5) is 26.1. The molecular weight excluding hydrogens is 352 g/mol. The molecule has 1 aliphatic carbocycles. The fraction of sp³-hybridized carbons (Fsp3) is 0.471. The number of aromatic nitrogens is 4. The highest BCUT2D eigenvalue weighted by atomic mass is 32.2. The highest BCUT2D eigenvalue weighted by Crippen LogP contribution is 2.31. The Labute approximate surface area is 156 Å². The van der Waals surface area contributed by atoms with E-state index < -0.39 is 0 Å². The summed E-state index contributed by atoms with van der Waals surface area (Å²) < 4.78 is 1.83. The van der Waals surface area contributed by atoms with Gasteiger partial charge in [0.25, 0.3) is 5.91 Å². The van der Waals surface area contributed by atoms with Crippen LogP contribution in [0.3, 0.4) is 0 Å².